The average Bonchev–Trinajstić information content (AvgIpc) is 3.00. The number of carbonyl (C=O) groups excluding carboxylic acids is 1. The monoisotopic (exact) mass is 344 g/mol. The number of amides is 1. The van der Waals surface area contributed by atoms with Gasteiger partial charge in [-0.05, 0) is 42.0 Å². The number of halogens is 1. The molecule has 0 aliphatic carbocycles. The molecule has 5 nitrogen and oxygen atoms in total. The number of nitrogens with one attached hydrogen (secondary N) is 1. The number of anilines is 2. The van der Waals surface area contributed by atoms with Crippen LogP contribution < -0.4 is 19.7 Å². The minimum atomic E-state index is -0.238. The largest absolute Gasteiger partial charge is 0.454 e. The smallest absolute Gasteiger partial charge is 0.248 e. The summed E-state index contributed by atoms with van der Waals surface area (Å²) >= 11 is 6.02. The lowest BCUT2D eigenvalue weighted by Crippen LogP contribution is -2.15. The summed E-state index contributed by atoms with van der Waals surface area (Å²) in [6.45, 7) is 0.227. The normalized spacial score (nSPS) is 12.5. The SMILES string of the molecule is CN(C)c1ccc(Cl)cc1NC(=O)C=Cc1ccc2c(c1)OCO2. The van der Waals surface area contributed by atoms with E-state index in [1.165, 1.54) is 6.08 Å². The molecule has 1 amide bonds. The fourth-order valence-corrected chi connectivity index (χ4v) is 2.53. The molecule has 6 heteroatoms. The van der Waals surface area contributed by atoms with Gasteiger partial charge in [0.05, 0.1) is 11.4 Å². The highest BCUT2D eigenvalue weighted by atomic mass is 35.5. The zero-order valence-electron chi connectivity index (χ0n) is 13.4. The molecule has 1 N–H and O–H groups in total. The molecule has 0 bridgehead atoms. The summed E-state index contributed by atoms with van der Waals surface area (Å²) in [6, 6.07) is 10.9. The lowest BCUT2D eigenvalue weighted by Gasteiger charge is -2.17. The molecule has 0 unspecified atom stereocenters. The van der Waals surface area contributed by atoms with E-state index in [9.17, 15) is 4.79 Å². The van der Waals surface area contributed by atoms with Gasteiger partial charge < -0.3 is 19.7 Å². The first kappa shape index (κ1) is 16.2. The van der Waals surface area contributed by atoms with Crippen molar-refractivity contribution in [2.24, 2.45) is 0 Å². The Bertz CT molecular complexity index is 803. The minimum Gasteiger partial charge on any atom is -0.454 e. The first-order valence-electron chi connectivity index (χ1n) is 7.38. The fourth-order valence-electron chi connectivity index (χ4n) is 2.36. The summed E-state index contributed by atoms with van der Waals surface area (Å²) in [5, 5.41) is 3.41. The summed E-state index contributed by atoms with van der Waals surface area (Å²) in [5.41, 5.74) is 2.39. The van der Waals surface area contributed by atoms with Gasteiger partial charge in [0, 0.05) is 25.2 Å². The minimum absolute atomic E-state index is 0.227. The van der Waals surface area contributed by atoms with E-state index in [0.29, 0.717) is 22.2 Å². The van der Waals surface area contributed by atoms with Gasteiger partial charge in [-0.15, -0.1) is 0 Å². The summed E-state index contributed by atoms with van der Waals surface area (Å²) in [4.78, 5) is 14.1. The lowest BCUT2D eigenvalue weighted by molar-refractivity contribution is -0.111. The third-order valence-electron chi connectivity index (χ3n) is 3.52. The molecular formula is C18H17ClN2O3. The van der Waals surface area contributed by atoms with Crippen LogP contribution in [0.25, 0.3) is 6.08 Å². The Labute approximate surface area is 145 Å². The highest BCUT2D eigenvalue weighted by molar-refractivity contribution is 6.31. The summed E-state index contributed by atoms with van der Waals surface area (Å²) in [5.74, 6) is 1.16. The second-order valence-corrected chi connectivity index (χ2v) is 5.93. The van der Waals surface area contributed by atoms with Crippen LogP contribution in [0.15, 0.2) is 42.5 Å². The van der Waals surface area contributed by atoms with Gasteiger partial charge in [0.25, 0.3) is 0 Å². The van der Waals surface area contributed by atoms with Crippen LogP contribution in [0.4, 0.5) is 11.4 Å². The molecule has 124 valence electrons. The van der Waals surface area contributed by atoms with E-state index in [-0.39, 0.29) is 12.7 Å². The zero-order chi connectivity index (χ0) is 17.1. The van der Waals surface area contributed by atoms with Gasteiger partial charge in [-0.1, -0.05) is 17.7 Å². The second kappa shape index (κ2) is 6.84. The van der Waals surface area contributed by atoms with Crippen molar-refractivity contribution in [3.05, 3.63) is 53.1 Å². The molecule has 0 fully saturated rings. The van der Waals surface area contributed by atoms with Gasteiger partial charge in [0.2, 0.25) is 12.7 Å². The van der Waals surface area contributed by atoms with Gasteiger partial charge in [-0.3, -0.25) is 4.79 Å². The Hall–Kier alpha value is -2.66. The van der Waals surface area contributed by atoms with E-state index in [2.05, 4.69) is 5.32 Å². The van der Waals surface area contributed by atoms with Crippen molar-refractivity contribution < 1.29 is 14.3 Å². The molecule has 2 aromatic rings. The number of ether oxygens (including phenoxy) is 2. The maximum atomic E-state index is 12.2. The molecule has 1 aliphatic heterocycles. The van der Waals surface area contributed by atoms with Gasteiger partial charge in [0.1, 0.15) is 0 Å². The summed E-state index contributed by atoms with van der Waals surface area (Å²) in [7, 11) is 3.81. The van der Waals surface area contributed by atoms with Crippen molar-refractivity contribution in [1.82, 2.24) is 0 Å². The lowest BCUT2D eigenvalue weighted by atomic mass is 10.2. The van der Waals surface area contributed by atoms with Crippen molar-refractivity contribution in [3.63, 3.8) is 0 Å². The van der Waals surface area contributed by atoms with Gasteiger partial charge in [-0.2, -0.15) is 0 Å². The molecule has 0 atom stereocenters. The average molecular weight is 345 g/mol. The number of fused-ring (bicyclic) bond motifs is 1. The Morgan fingerprint density at radius 1 is 1.17 bits per heavy atom. The molecular weight excluding hydrogens is 328 g/mol. The van der Waals surface area contributed by atoms with Crippen LogP contribution in [0, 0.1) is 0 Å². The van der Waals surface area contributed by atoms with Crippen molar-refractivity contribution in [2.45, 2.75) is 0 Å². The van der Waals surface area contributed by atoms with Crippen LogP contribution >= 0.6 is 11.6 Å². The van der Waals surface area contributed by atoms with Crippen molar-refractivity contribution in [1.29, 1.82) is 0 Å². The van der Waals surface area contributed by atoms with Crippen molar-refractivity contribution in [3.8, 4) is 11.5 Å². The zero-order valence-corrected chi connectivity index (χ0v) is 14.1. The first-order valence-corrected chi connectivity index (χ1v) is 7.76. The fraction of sp³-hybridized carbons (Fsp3) is 0.167. The van der Waals surface area contributed by atoms with Crippen LogP contribution in [0.5, 0.6) is 11.5 Å². The first-order chi connectivity index (χ1) is 11.5. The third kappa shape index (κ3) is 3.63. The number of rotatable bonds is 4. The summed E-state index contributed by atoms with van der Waals surface area (Å²) in [6.07, 6.45) is 3.19. The Balaban J connectivity index is 1.73. The maximum absolute atomic E-state index is 12.2. The molecule has 0 radical (unpaired) electrons. The number of carbonyl (C=O) groups is 1. The summed E-state index contributed by atoms with van der Waals surface area (Å²) < 4.78 is 10.6. The molecule has 2 aromatic carbocycles. The topological polar surface area (TPSA) is 50.8 Å². The number of hydrogen-bond acceptors (Lipinski definition) is 4. The van der Waals surface area contributed by atoms with Gasteiger partial charge in [0.15, 0.2) is 11.5 Å². The second-order valence-electron chi connectivity index (χ2n) is 5.49. The number of benzene rings is 2. The molecule has 24 heavy (non-hydrogen) atoms. The predicted molar refractivity (Wildman–Crippen MR) is 96.0 cm³/mol. The molecule has 3 rings (SSSR count). The maximum Gasteiger partial charge on any atom is 0.248 e. The van der Waals surface area contributed by atoms with Gasteiger partial charge in [-0.25, -0.2) is 0 Å². The van der Waals surface area contributed by atoms with Crippen LogP contribution in [-0.4, -0.2) is 26.8 Å². The van der Waals surface area contributed by atoms with E-state index < -0.39 is 0 Å². The van der Waals surface area contributed by atoms with E-state index in [4.69, 9.17) is 21.1 Å². The van der Waals surface area contributed by atoms with Crippen LogP contribution in [0.2, 0.25) is 5.02 Å². The third-order valence-corrected chi connectivity index (χ3v) is 3.76. The predicted octanol–water partition coefficient (Wildman–Crippen LogP) is 3.79. The van der Waals surface area contributed by atoms with E-state index in [1.54, 1.807) is 18.2 Å². The molecule has 0 aromatic heterocycles. The molecule has 1 aliphatic rings. The molecule has 0 saturated heterocycles. The molecule has 0 saturated carbocycles. The highest BCUT2D eigenvalue weighted by Gasteiger charge is 2.12. The highest BCUT2D eigenvalue weighted by Crippen LogP contribution is 2.33. The number of nitrogens with zero attached hydrogens (tertiary/aromatic N) is 1. The van der Waals surface area contributed by atoms with Crippen LogP contribution in [-0.2, 0) is 4.79 Å². The molecule has 1 heterocycles. The van der Waals surface area contributed by atoms with Crippen LogP contribution in [0.3, 0.4) is 0 Å². The Morgan fingerprint density at radius 2 is 1.96 bits per heavy atom. The standard InChI is InChI=1S/C18H17ClN2O3/c1-21(2)15-6-5-13(19)10-14(15)20-18(22)8-4-12-3-7-16-17(9-12)24-11-23-16/h3-10H,11H2,1-2H3,(H,20,22). The van der Waals surface area contributed by atoms with Crippen LogP contribution in [0.1, 0.15) is 5.56 Å². The Morgan fingerprint density at radius 3 is 2.75 bits per heavy atom. The van der Waals surface area contributed by atoms with E-state index in [0.717, 1.165) is 11.3 Å². The Kier molecular flexibility index (Phi) is 4.62. The van der Waals surface area contributed by atoms with E-state index >= 15 is 0 Å². The van der Waals surface area contributed by atoms with Gasteiger partial charge >= 0.3 is 0 Å². The van der Waals surface area contributed by atoms with Crippen molar-refractivity contribution >= 4 is 35.0 Å². The quantitative estimate of drug-likeness (QED) is 0.857. The van der Waals surface area contributed by atoms with E-state index in [1.807, 2.05) is 43.3 Å². The van der Waals surface area contributed by atoms with Crippen molar-refractivity contribution in [2.75, 3.05) is 31.1 Å². The molecule has 0 spiro atoms. The number of hydrogen-bond donors (Lipinski definition) is 1.